The van der Waals surface area contributed by atoms with Gasteiger partial charge in [0.1, 0.15) is 5.76 Å². The second kappa shape index (κ2) is 5.02. The third-order valence-electron chi connectivity index (χ3n) is 3.15. The molecule has 2 heterocycles. The fraction of sp³-hybridized carbons (Fsp3) is 0.500. The Morgan fingerprint density at radius 2 is 2.11 bits per heavy atom. The minimum absolute atomic E-state index is 0.0218. The molecule has 1 atom stereocenters. The number of urea groups is 1. The fourth-order valence-electron chi connectivity index (χ4n) is 1.99. The Morgan fingerprint density at radius 3 is 2.63 bits per heavy atom. The van der Waals surface area contributed by atoms with E-state index in [1.54, 1.807) is 19.1 Å². The van der Waals surface area contributed by atoms with Gasteiger partial charge < -0.3 is 19.2 Å². The van der Waals surface area contributed by atoms with Gasteiger partial charge in [-0.15, -0.1) is 0 Å². The van der Waals surface area contributed by atoms with Crippen LogP contribution in [0.25, 0.3) is 0 Å². The van der Waals surface area contributed by atoms with Crippen molar-refractivity contribution in [3.05, 3.63) is 24.2 Å². The Morgan fingerprint density at radius 1 is 1.42 bits per heavy atom. The zero-order valence-corrected chi connectivity index (χ0v) is 11.0. The average molecular weight is 268 g/mol. The monoisotopic (exact) mass is 268 g/mol. The van der Waals surface area contributed by atoms with Crippen molar-refractivity contribution in [1.29, 1.82) is 0 Å². The van der Waals surface area contributed by atoms with Gasteiger partial charge in [-0.05, 0) is 19.1 Å². The topological polar surface area (TPSA) is 81.0 Å². The van der Waals surface area contributed by atoms with Crippen molar-refractivity contribution in [3.8, 4) is 0 Å². The van der Waals surface area contributed by atoms with E-state index in [-0.39, 0.29) is 6.54 Å². The summed E-state index contributed by atoms with van der Waals surface area (Å²) in [6.07, 6.45) is 0.796. The highest BCUT2D eigenvalue weighted by atomic mass is 16.7. The lowest BCUT2D eigenvalue weighted by atomic mass is 9.99. The lowest BCUT2D eigenvalue weighted by molar-refractivity contribution is -0.141. The third kappa shape index (κ3) is 2.22. The Labute approximate surface area is 110 Å². The van der Waals surface area contributed by atoms with Gasteiger partial charge in [-0.25, -0.2) is 4.79 Å². The first-order valence-electron chi connectivity index (χ1n) is 5.76. The number of carbonyl (C=O) groups is 2. The van der Waals surface area contributed by atoms with Gasteiger partial charge >= 0.3 is 6.03 Å². The first kappa shape index (κ1) is 13.6. The molecular formula is C12H16N2O5. The molecule has 1 aliphatic heterocycles. The van der Waals surface area contributed by atoms with E-state index in [2.05, 4.69) is 5.32 Å². The fourth-order valence-corrected chi connectivity index (χ4v) is 1.99. The molecule has 0 saturated carbocycles. The van der Waals surface area contributed by atoms with Gasteiger partial charge in [0.25, 0.3) is 5.91 Å². The van der Waals surface area contributed by atoms with Gasteiger partial charge in [0.2, 0.25) is 0 Å². The maximum Gasteiger partial charge on any atom is 0.325 e. The normalized spacial score (nSPS) is 23.3. The number of nitrogens with one attached hydrogen (secondary N) is 1. The predicted molar refractivity (Wildman–Crippen MR) is 64.1 cm³/mol. The Balaban J connectivity index is 2.21. The lowest BCUT2D eigenvalue weighted by Crippen LogP contribution is -2.42. The standard InChI is InChI=1S/C12H16N2O5/c1-12(8-5-4-6-19-8)10(15)14(11(16)13-12)7-9(17-2)18-3/h4-6,9H,7H2,1-3H3,(H,13,16). The zero-order chi connectivity index (χ0) is 14.0. The van der Waals surface area contributed by atoms with Crippen molar-refractivity contribution >= 4 is 11.9 Å². The van der Waals surface area contributed by atoms with Crippen LogP contribution in [0.2, 0.25) is 0 Å². The second-order valence-corrected chi connectivity index (χ2v) is 4.35. The minimum Gasteiger partial charge on any atom is -0.466 e. The molecule has 0 aliphatic carbocycles. The van der Waals surface area contributed by atoms with Crippen LogP contribution >= 0.6 is 0 Å². The molecule has 1 N–H and O–H groups in total. The number of hydrogen-bond donors (Lipinski definition) is 1. The Hall–Kier alpha value is -1.86. The van der Waals surface area contributed by atoms with Gasteiger partial charge in [-0.1, -0.05) is 0 Å². The highest BCUT2D eigenvalue weighted by Crippen LogP contribution is 2.29. The van der Waals surface area contributed by atoms with Crippen molar-refractivity contribution in [2.75, 3.05) is 20.8 Å². The molecular weight excluding hydrogens is 252 g/mol. The number of methoxy groups -OCH3 is 2. The van der Waals surface area contributed by atoms with Crippen LogP contribution in [0.1, 0.15) is 12.7 Å². The van der Waals surface area contributed by atoms with Crippen LogP contribution in [0.5, 0.6) is 0 Å². The van der Waals surface area contributed by atoms with Crippen molar-refractivity contribution in [3.63, 3.8) is 0 Å². The summed E-state index contributed by atoms with van der Waals surface area (Å²) in [4.78, 5) is 25.3. The molecule has 104 valence electrons. The molecule has 0 spiro atoms. The molecule has 3 amide bonds. The van der Waals surface area contributed by atoms with E-state index >= 15 is 0 Å². The van der Waals surface area contributed by atoms with Crippen molar-refractivity contribution in [2.45, 2.75) is 18.8 Å². The smallest absolute Gasteiger partial charge is 0.325 e. The molecule has 1 unspecified atom stereocenters. The first-order chi connectivity index (χ1) is 9.02. The Bertz CT molecular complexity index is 468. The van der Waals surface area contributed by atoms with Crippen LogP contribution in [-0.4, -0.2) is 43.9 Å². The number of furan rings is 1. The average Bonchev–Trinajstić information content (AvgIpc) is 2.99. The number of rotatable bonds is 5. The van der Waals surface area contributed by atoms with E-state index in [1.165, 1.54) is 20.5 Å². The lowest BCUT2D eigenvalue weighted by Gasteiger charge is -2.21. The van der Waals surface area contributed by atoms with Crippen LogP contribution in [0.15, 0.2) is 22.8 Å². The number of amides is 3. The summed E-state index contributed by atoms with van der Waals surface area (Å²) in [6.45, 7) is 1.62. The van der Waals surface area contributed by atoms with E-state index in [4.69, 9.17) is 13.9 Å². The Kier molecular flexibility index (Phi) is 3.59. The summed E-state index contributed by atoms with van der Waals surface area (Å²) >= 11 is 0. The number of hydrogen-bond acceptors (Lipinski definition) is 5. The van der Waals surface area contributed by atoms with Crippen LogP contribution < -0.4 is 5.32 Å². The van der Waals surface area contributed by atoms with E-state index in [9.17, 15) is 9.59 Å². The van der Waals surface area contributed by atoms with E-state index in [0.717, 1.165) is 4.90 Å². The molecule has 1 aromatic rings. The van der Waals surface area contributed by atoms with Gasteiger partial charge in [-0.3, -0.25) is 9.69 Å². The molecule has 1 fully saturated rings. The van der Waals surface area contributed by atoms with Crippen molar-refractivity contribution in [2.24, 2.45) is 0 Å². The first-order valence-corrected chi connectivity index (χ1v) is 5.76. The molecule has 1 aromatic heterocycles. The molecule has 0 radical (unpaired) electrons. The summed E-state index contributed by atoms with van der Waals surface area (Å²) in [5, 5.41) is 2.62. The summed E-state index contributed by atoms with van der Waals surface area (Å²) < 4.78 is 15.2. The van der Waals surface area contributed by atoms with Crippen molar-refractivity contribution in [1.82, 2.24) is 10.2 Å². The SMILES string of the molecule is COC(CN1C(=O)NC(C)(c2ccco2)C1=O)OC. The molecule has 1 saturated heterocycles. The van der Waals surface area contributed by atoms with Gasteiger partial charge in [-0.2, -0.15) is 0 Å². The van der Waals surface area contributed by atoms with E-state index in [1.807, 2.05) is 0 Å². The van der Waals surface area contributed by atoms with Crippen LogP contribution in [-0.2, 0) is 19.8 Å². The molecule has 0 aromatic carbocycles. The van der Waals surface area contributed by atoms with E-state index in [0.29, 0.717) is 5.76 Å². The summed E-state index contributed by atoms with van der Waals surface area (Å²) in [7, 11) is 2.89. The van der Waals surface area contributed by atoms with Crippen molar-refractivity contribution < 1.29 is 23.5 Å². The second-order valence-electron chi connectivity index (χ2n) is 4.35. The summed E-state index contributed by atoms with van der Waals surface area (Å²) in [5.74, 6) is -0.00807. The molecule has 1 aliphatic rings. The molecule has 7 nitrogen and oxygen atoms in total. The van der Waals surface area contributed by atoms with Gasteiger partial charge in [0.05, 0.1) is 12.8 Å². The van der Waals surface area contributed by atoms with Gasteiger partial charge in [0, 0.05) is 14.2 Å². The largest absolute Gasteiger partial charge is 0.466 e. The van der Waals surface area contributed by atoms with E-state index < -0.39 is 23.8 Å². The van der Waals surface area contributed by atoms with Crippen LogP contribution in [0.3, 0.4) is 0 Å². The molecule has 19 heavy (non-hydrogen) atoms. The maximum absolute atomic E-state index is 12.4. The summed E-state index contributed by atoms with van der Waals surface area (Å²) in [6, 6.07) is 2.81. The highest BCUT2D eigenvalue weighted by molar-refractivity contribution is 6.06. The maximum atomic E-state index is 12.4. The minimum atomic E-state index is -1.19. The van der Waals surface area contributed by atoms with Gasteiger partial charge in [0.15, 0.2) is 11.8 Å². The summed E-state index contributed by atoms with van der Waals surface area (Å²) in [5.41, 5.74) is -1.19. The quantitative estimate of drug-likeness (QED) is 0.627. The van der Waals surface area contributed by atoms with Crippen LogP contribution in [0, 0.1) is 0 Å². The highest BCUT2D eigenvalue weighted by Gasteiger charge is 2.51. The zero-order valence-electron chi connectivity index (χ0n) is 11.0. The predicted octanol–water partition coefficient (Wildman–Crippen LogP) is 0.665. The number of imide groups is 1. The number of nitrogens with zero attached hydrogens (tertiary/aromatic N) is 1. The number of carbonyl (C=O) groups excluding carboxylic acids is 2. The third-order valence-corrected chi connectivity index (χ3v) is 3.15. The van der Waals surface area contributed by atoms with Crippen LogP contribution in [0.4, 0.5) is 4.79 Å². The number of ether oxygens (including phenoxy) is 2. The molecule has 7 heteroatoms. The molecule has 0 bridgehead atoms. The molecule has 2 rings (SSSR count).